The first kappa shape index (κ1) is 20.3. The molecule has 1 atom stereocenters. The quantitative estimate of drug-likeness (QED) is 0.584. The topological polar surface area (TPSA) is 84.5 Å². The number of benzene rings is 1. The molecule has 1 aliphatic rings. The highest BCUT2D eigenvalue weighted by atomic mass is 35.5. The normalized spacial score (nSPS) is 15.7. The van der Waals surface area contributed by atoms with Gasteiger partial charge in [-0.1, -0.05) is 42.1 Å². The van der Waals surface area contributed by atoms with Crippen LogP contribution in [0, 0.1) is 0 Å². The number of urea groups is 1. The molecule has 0 aliphatic heterocycles. The van der Waals surface area contributed by atoms with E-state index in [0.29, 0.717) is 15.6 Å². The van der Waals surface area contributed by atoms with Crippen molar-refractivity contribution in [1.29, 1.82) is 0 Å². The SMILES string of the molecule is CC(OC(=O)/C=C/c1c(Cl)cccc1Cl)C(=O)NC(=O)NC1CCCC1. The number of halogens is 2. The molecule has 1 aromatic rings. The smallest absolute Gasteiger partial charge is 0.331 e. The highest BCUT2D eigenvalue weighted by Gasteiger charge is 2.22. The number of esters is 1. The lowest BCUT2D eigenvalue weighted by Crippen LogP contribution is -2.47. The number of imide groups is 1. The van der Waals surface area contributed by atoms with Gasteiger partial charge in [0.15, 0.2) is 6.10 Å². The molecular weight excluding hydrogens is 379 g/mol. The average molecular weight is 399 g/mol. The van der Waals surface area contributed by atoms with Crippen LogP contribution in [0.25, 0.3) is 6.08 Å². The number of hydrogen-bond acceptors (Lipinski definition) is 4. The minimum atomic E-state index is -1.12. The minimum Gasteiger partial charge on any atom is -0.449 e. The summed E-state index contributed by atoms with van der Waals surface area (Å²) in [6.07, 6.45) is 5.34. The summed E-state index contributed by atoms with van der Waals surface area (Å²) in [7, 11) is 0. The Morgan fingerprint density at radius 3 is 2.42 bits per heavy atom. The predicted octanol–water partition coefficient (Wildman–Crippen LogP) is 3.71. The maximum absolute atomic E-state index is 11.9. The molecule has 0 heterocycles. The molecule has 1 fully saturated rings. The Bertz CT molecular complexity index is 695. The van der Waals surface area contributed by atoms with Crippen LogP contribution in [0.5, 0.6) is 0 Å². The summed E-state index contributed by atoms with van der Waals surface area (Å²) in [6, 6.07) is 4.46. The van der Waals surface area contributed by atoms with E-state index >= 15 is 0 Å². The summed E-state index contributed by atoms with van der Waals surface area (Å²) in [5.41, 5.74) is 0.473. The van der Waals surface area contributed by atoms with Gasteiger partial charge in [0.1, 0.15) is 0 Å². The van der Waals surface area contributed by atoms with E-state index in [1.807, 2.05) is 0 Å². The number of carbonyl (C=O) groups is 3. The summed E-state index contributed by atoms with van der Waals surface area (Å²) in [4.78, 5) is 35.5. The van der Waals surface area contributed by atoms with E-state index in [9.17, 15) is 14.4 Å². The fourth-order valence-corrected chi connectivity index (χ4v) is 3.12. The average Bonchev–Trinajstić information content (AvgIpc) is 3.07. The van der Waals surface area contributed by atoms with Crippen LogP contribution in [0.1, 0.15) is 38.2 Å². The maximum atomic E-state index is 11.9. The Morgan fingerprint density at radius 1 is 1.19 bits per heavy atom. The monoisotopic (exact) mass is 398 g/mol. The van der Waals surface area contributed by atoms with Crippen LogP contribution >= 0.6 is 23.2 Å². The van der Waals surface area contributed by atoms with Crippen LogP contribution in [-0.2, 0) is 14.3 Å². The molecule has 0 spiro atoms. The van der Waals surface area contributed by atoms with E-state index in [-0.39, 0.29) is 6.04 Å². The standard InChI is InChI=1S/C18H20Cl2N2O4/c1-11(17(24)22-18(25)21-12-5-2-3-6-12)26-16(23)10-9-13-14(19)7-4-8-15(13)20/h4,7-12H,2-3,5-6H2,1H3,(H2,21,22,24,25)/b10-9+. The van der Waals surface area contributed by atoms with Crippen LogP contribution < -0.4 is 10.6 Å². The van der Waals surface area contributed by atoms with Crippen molar-refractivity contribution in [3.8, 4) is 0 Å². The zero-order valence-corrected chi connectivity index (χ0v) is 15.8. The molecule has 1 unspecified atom stereocenters. The van der Waals surface area contributed by atoms with E-state index in [0.717, 1.165) is 31.8 Å². The number of rotatable bonds is 5. The lowest BCUT2D eigenvalue weighted by Gasteiger charge is -2.15. The van der Waals surface area contributed by atoms with Crippen molar-refractivity contribution < 1.29 is 19.1 Å². The third-order valence-corrected chi connectivity index (χ3v) is 4.63. The molecule has 1 aromatic carbocycles. The molecule has 0 bridgehead atoms. The van der Waals surface area contributed by atoms with Gasteiger partial charge in [-0.2, -0.15) is 0 Å². The van der Waals surface area contributed by atoms with Gasteiger partial charge < -0.3 is 10.1 Å². The van der Waals surface area contributed by atoms with E-state index in [2.05, 4.69) is 10.6 Å². The van der Waals surface area contributed by atoms with Crippen LogP contribution in [0.4, 0.5) is 4.79 Å². The molecule has 1 saturated carbocycles. The van der Waals surface area contributed by atoms with Crippen molar-refractivity contribution >= 4 is 47.2 Å². The molecule has 26 heavy (non-hydrogen) atoms. The molecule has 140 valence electrons. The van der Waals surface area contributed by atoms with Gasteiger partial charge in [-0.25, -0.2) is 9.59 Å². The van der Waals surface area contributed by atoms with Crippen molar-refractivity contribution in [2.75, 3.05) is 0 Å². The number of amides is 3. The number of ether oxygens (including phenoxy) is 1. The fraction of sp³-hybridized carbons (Fsp3) is 0.389. The molecule has 0 aromatic heterocycles. The van der Waals surface area contributed by atoms with Gasteiger partial charge >= 0.3 is 12.0 Å². The van der Waals surface area contributed by atoms with Crippen molar-refractivity contribution in [2.24, 2.45) is 0 Å². The van der Waals surface area contributed by atoms with Crippen molar-refractivity contribution in [1.82, 2.24) is 10.6 Å². The van der Waals surface area contributed by atoms with Gasteiger partial charge in [-0.15, -0.1) is 0 Å². The third kappa shape index (κ3) is 6.04. The predicted molar refractivity (Wildman–Crippen MR) is 100.0 cm³/mol. The molecule has 0 radical (unpaired) electrons. The first-order chi connectivity index (χ1) is 12.4. The first-order valence-corrected chi connectivity index (χ1v) is 9.06. The van der Waals surface area contributed by atoms with Gasteiger partial charge in [-0.05, 0) is 38.0 Å². The molecular formula is C18H20Cl2N2O4. The summed E-state index contributed by atoms with van der Waals surface area (Å²) in [6.45, 7) is 1.38. The molecule has 2 N–H and O–H groups in total. The van der Waals surface area contributed by atoms with Crippen molar-refractivity contribution in [3.05, 3.63) is 39.9 Å². The van der Waals surface area contributed by atoms with Gasteiger partial charge in [0.25, 0.3) is 5.91 Å². The van der Waals surface area contributed by atoms with Crippen LogP contribution in [0.15, 0.2) is 24.3 Å². The highest BCUT2D eigenvalue weighted by molar-refractivity contribution is 6.37. The Morgan fingerprint density at radius 2 is 1.81 bits per heavy atom. The number of carbonyl (C=O) groups excluding carboxylic acids is 3. The lowest BCUT2D eigenvalue weighted by atomic mass is 10.2. The molecule has 3 amide bonds. The Kier molecular flexibility index (Phi) is 7.48. The third-order valence-electron chi connectivity index (χ3n) is 3.98. The zero-order chi connectivity index (χ0) is 19.1. The molecule has 0 saturated heterocycles. The Labute approximate surface area is 161 Å². The minimum absolute atomic E-state index is 0.0870. The van der Waals surface area contributed by atoms with E-state index in [1.165, 1.54) is 13.0 Å². The first-order valence-electron chi connectivity index (χ1n) is 8.31. The summed E-state index contributed by atoms with van der Waals surface area (Å²) >= 11 is 12.0. The zero-order valence-electron chi connectivity index (χ0n) is 14.3. The Hall–Kier alpha value is -2.05. The number of hydrogen-bond donors (Lipinski definition) is 2. The second-order valence-electron chi connectivity index (χ2n) is 5.99. The fourth-order valence-electron chi connectivity index (χ4n) is 2.59. The molecule has 2 rings (SSSR count). The summed E-state index contributed by atoms with van der Waals surface area (Å²) in [5.74, 6) is -1.45. The second kappa shape index (κ2) is 9.59. The van der Waals surface area contributed by atoms with E-state index in [1.54, 1.807) is 18.2 Å². The van der Waals surface area contributed by atoms with Crippen molar-refractivity contribution in [2.45, 2.75) is 44.8 Å². The Balaban J connectivity index is 1.82. The van der Waals surface area contributed by atoms with Crippen molar-refractivity contribution in [3.63, 3.8) is 0 Å². The van der Waals surface area contributed by atoms with Crippen LogP contribution in [-0.4, -0.2) is 30.1 Å². The van der Waals surface area contributed by atoms with Gasteiger partial charge in [-0.3, -0.25) is 10.1 Å². The maximum Gasteiger partial charge on any atom is 0.331 e. The largest absolute Gasteiger partial charge is 0.449 e. The highest BCUT2D eigenvalue weighted by Crippen LogP contribution is 2.25. The van der Waals surface area contributed by atoms with E-state index < -0.39 is 24.0 Å². The van der Waals surface area contributed by atoms with Gasteiger partial charge in [0, 0.05) is 27.7 Å². The number of nitrogens with one attached hydrogen (secondary N) is 2. The summed E-state index contributed by atoms with van der Waals surface area (Å²) < 4.78 is 4.98. The van der Waals surface area contributed by atoms with Gasteiger partial charge in [0.05, 0.1) is 0 Å². The lowest BCUT2D eigenvalue weighted by molar-refractivity contribution is -0.149. The molecule has 6 nitrogen and oxygen atoms in total. The van der Waals surface area contributed by atoms with Crippen LogP contribution in [0.3, 0.4) is 0 Å². The van der Waals surface area contributed by atoms with E-state index in [4.69, 9.17) is 27.9 Å². The van der Waals surface area contributed by atoms with Gasteiger partial charge in [0.2, 0.25) is 0 Å². The molecule has 1 aliphatic carbocycles. The second-order valence-corrected chi connectivity index (χ2v) is 6.81. The summed E-state index contributed by atoms with van der Waals surface area (Å²) in [5, 5.41) is 5.66. The molecule has 8 heteroatoms. The van der Waals surface area contributed by atoms with Crippen LogP contribution in [0.2, 0.25) is 10.0 Å².